The van der Waals surface area contributed by atoms with Crippen molar-refractivity contribution >= 4 is 0 Å². The van der Waals surface area contributed by atoms with Crippen LogP contribution in [0.25, 0.3) is 0 Å². The molecular weight excluding hydrogens is 360 g/mol. The molecule has 1 atom stereocenters. The fourth-order valence-corrected chi connectivity index (χ4v) is 3.72. The molecule has 3 nitrogen and oxygen atoms in total. The highest BCUT2D eigenvalue weighted by atomic mass is 16.5. The van der Waals surface area contributed by atoms with Gasteiger partial charge in [-0.25, -0.2) is 0 Å². The van der Waals surface area contributed by atoms with Gasteiger partial charge in [0, 0.05) is 13.2 Å². The van der Waals surface area contributed by atoms with E-state index in [9.17, 15) is 5.11 Å². The van der Waals surface area contributed by atoms with Crippen LogP contribution < -0.4 is 0 Å². The van der Waals surface area contributed by atoms with Gasteiger partial charge in [0.2, 0.25) is 0 Å². The van der Waals surface area contributed by atoms with Crippen molar-refractivity contribution in [3.05, 3.63) is 0 Å². The summed E-state index contributed by atoms with van der Waals surface area (Å²) in [5.41, 5.74) is 0. The molecule has 0 aromatic rings. The summed E-state index contributed by atoms with van der Waals surface area (Å²) in [7, 11) is 0. The second-order valence-electron chi connectivity index (χ2n) is 8.76. The number of aliphatic hydroxyl groups excluding tert-OH is 1. The van der Waals surface area contributed by atoms with Gasteiger partial charge < -0.3 is 14.6 Å². The molecule has 0 fully saturated rings. The topological polar surface area (TPSA) is 38.7 Å². The van der Waals surface area contributed by atoms with Crippen LogP contribution in [0.2, 0.25) is 0 Å². The average molecular weight is 415 g/mol. The Morgan fingerprint density at radius 2 is 0.897 bits per heavy atom. The summed E-state index contributed by atoms with van der Waals surface area (Å²) in [6.45, 7) is 6.60. The maximum Gasteiger partial charge on any atom is 0.104 e. The number of hydrogen-bond acceptors (Lipinski definition) is 3. The fourth-order valence-electron chi connectivity index (χ4n) is 3.72. The van der Waals surface area contributed by atoms with Crippen LogP contribution in [-0.2, 0) is 9.47 Å². The Morgan fingerprint density at radius 3 is 1.34 bits per heavy atom. The summed E-state index contributed by atoms with van der Waals surface area (Å²) >= 11 is 0. The van der Waals surface area contributed by atoms with Gasteiger partial charge in [0.05, 0.1) is 13.2 Å². The lowest BCUT2D eigenvalue weighted by atomic mass is 10.0. The van der Waals surface area contributed by atoms with Crippen molar-refractivity contribution in [2.24, 2.45) is 0 Å². The first-order valence-corrected chi connectivity index (χ1v) is 13.1. The number of unbranched alkanes of at least 4 members (excludes halogenated alkanes) is 17. The lowest BCUT2D eigenvalue weighted by Crippen LogP contribution is -2.24. The second-order valence-corrected chi connectivity index (χ2v) is 8.76. The lowest BCUT2D eigenvalue weighted by Gasteiger charge is -2.15. The number of aliphatic hydroxyl groups is 1. The van der Waals surface area contributed by atoms with Crippen molar-refractivity contribution in [3.63, 3.8) is 0 Å². The van der Waals surface area contributed by atoms with Gasteiger partial charge in [-0.1, -0.05) is 123 Å². The standard InChI is InChI=1S/C26H54O3/c1-3-5-7-8-9-10-11-12-13-14-15-16-17-18-19-21-22-28-25-26(24-27)29-23-20-6-4-2/h26-27H,3-25H2,1-2H3/t26-/m1/s1. The van der Waals surface area contributed by atoms with Crippen molar-refractivity contribution in [2.45, 2.75) is 142 Å². The number of ether oxygens (including phenoxy) is 2. The molecule has 0 unspecified atom stereocenters. The summed E-state index contributed by atoms with van der Waals surface area (Å²) in [4.78, 5) is 0. The summed E-state index contributed by atoms with van der Waals surface area (Å²) in [6, 6.07) is 0. The molecule has 0 aromatic carbocycles. The second kappa shape index (κ2) is 25.9. The average Bonchev–Trinajstić information content (AvgIpc) is 2.74. The predicted octanol–water partition coefficient (Wildman–Crippen LogP) is 7.83. The molecular formula is C26H54O3. The molecule has 0 heterocycles. The smallest absolute Gasteiger partial charge is 0.104 e. The molecule has 3 heteroatoms. The van der Waals surface area contributed by atoms with Crippen molar-refractivity contribution in [1.82, 2.24) is 0 Å². The first kappa shape index (κ1) is 28.9. The molecule has 29 heavy (non-hydrogen) atoms. The Morgan fingerprint density at radius 1 is 0.517 bits per heavy atom. The summed E-state index contributed by atoms with van der Waals surface area (Å²) in [6.07, 6.45) is 25.6. The molecule has 0 aliphatic carbocycles. The van der Waals surface area contributed by atoms with Crippen LogP contribution in [0, 0.1) is 0 Å². The minimum Gasteiger partial charge on any atom is -0.394 e. The highest BCUT2D eigenvalue weighted by Gasteiger charge is 2.07. The van der Waals surface area contributed by atoms with E-state index in [0.717, 1.165) is 26.1 Å². The molecule has 0 rings (SSSR count). The van der Waals surface area contributed by atoms with E-state index in [1.54, 1.807) is 0 Å². The van der Waals surface area contributed by atoms with Crippen molar-refractivity contribution in [1.29, 1.82) is 0 Å². The molecule has 0 saturated heterocycles. The van der Waals surface area contributed by atoms with E-state index in [2.05, 4.69) is 13.8 Å². The van der Waals surface area contributed by atoms with Gasteiger partial charge in [-0.3, -0.25) is 0 Å². The van der Waals surface area contributed by atoms with E-state index >= 15 is 0 Å². The molecule has 0 spiro atoms. The zero-order valence-corrected chi connectivity index (χ0v) is 20.1. The number of hydrogen-bond donors (Lipinski definition) is 1. The Balaban J connectivity index is 3.16. The van der Waals surface area contributed by atoms with Crippen LogP contribution in [0.1, 0.15) is 136 Å². The molecule has 0 aliphatic rings. The van der Waals surface area contributed by atoms with Gasteiger partial charge in [0.15, 0.2) is 0 Å². The van der Waals surface area contributed by atoms with Crippen molar-refractivity contribution < 1.29 is 14.6 Å². The van der Waals surface area contributed by atoms with Crippen LogP contribution in [0.15, 0.2) is 0 Å². The molecule has 0 saturated carbocycles. The summed E-state index contributed by atoms with van der Waals surface area (Å²) in [5.74, 6) is 0. The highest BCUT2D eigenvalue weighted by molar-refractivity contribution is 4.55. The van der Waals surface area contributed by atoms with E-state index in [-0.39, 0.29) is 12.7 Å². The first-order valence-electron chi connectivity index (χ1n) is 13.1. The van der Waals surface area contributed by atoms with Gasteiger partial charge in [-0.15, -0.1) is 0 Å². The Hall–Kier alpha value is -0.120. The van der Waals surface area contributed by atoms with Gasteiger partial charge in [-0.05, 0) is 12.8 Å². The van der Waals surface area contributed by atoms with Gasteiger partial charge >= 0.3 is 0 Å². The van der Waals surface area contributed by atoms with Crippen LogP contribution in [0.3, 0.4) is 0 Å². The van der Waals surface area contributed by atoms with E-state index in [4.69, 9.17) is 9.47 Å². The molecule has 0 bridgehead atoms. The Bertz CT molecular complexity index is 283. The minimum absolute atomic E-state index is 0.0606. The van der Waals surface area contributed by atoms with Gasteiger partial charge in [0.1, 0.15) is 6.10 Å². The Kier molecular flexibility index (Phi) is 25.8. The normalized spacial score (nSPS) is 12.5. The third-order valence-corrected chi connectivity index (χ3v) is 5.75. The van der Waals surface area contributed by atoms with E-state index in [0.29, 0.717) is 6.61 Å². The summed E-state index contributed by atoms with van der Waals surface area (Å²) < 4.78 is 11.3. The quantitative estimate of drug-likeness (QED) is 0.155. The SMILES string of the molecule is CCCCCCCCCCCCCCCCCCOC[C@@H](CO)OCCCCC. The van der Waals surface area contributed by atoms with E-state index in [1.165, 1.54) is 109 Å². The molecule has 0 amide bonds. The van der Waals surface area contributed by atoms with E-state index in [1.807, 2.05) is 0 Å². The van der Waals surface area contributed by atoms with Gasteiger partial charge in [0.25, 0.3) is 0 Å². The van der Waals surface area contributed by atoms with Crippen LogP contribution >= 0.6 is 0 Å². The van der Waals surface area contributed by atoms with Crippen molar-refractivity contribution in [2.75, 3.05) is 26.4 Å². The maximum absolute atomic E-state index is 9.32. The first-order chi connectivity index (χ1) is 14.3. The highest BCUT2D eigenvalue weighted by Crippen LogP contribution is 2.13. The predicted molar refractivity (Wildman–Crippen MR) is 127 cm³/mol. The lowest BCUT2D eigenvalue weighted by molar-refractivity contribution is -0.0437. The zero-order chi connectivity index (χ0) is 21.3. The molecule has 176 valence electrons. The van der Waals surface area contributed by atoms with Gasteiger partial charge in [-0.2, -0.15) is 0 Å². The number of rotatable bonds is 25. The molecule has 0 aliphatic heterocycles. The third kappa shape index (κ3) is 24.0. The molecule has 1 N–H and O–H groups in total. The van der Waals surface area contributed by atoms with Crippen LogP contribution in [-0.4, -0.2) is 37.6 Å². The zero-order valence-electron chi connectivity index (χ0n) is 20.1. The summed E-state index contributed by atoms with van der Waals surface area (Å²) in [5, 5.41) is 9.32. The van der Waals surface area contributed by atoms with Crippen LogP contribution in [0.4, 0.5) is 0 Å². The van der Waals surface area contributed by atoms with E-state index < -0.39 is 0 Å². The molecule has 0 aromatic heterocycles. The van der Waals surface area contributed by atoms with Crippen LogP contribution in [0.5, 0.6) is 0 Å². The third-order valence-electron chi connectivity index (χ3n) is 5.75. The maximum atomic E-state index is 9.32. The fraction of sp³-hybridized carbons (Fsp3) is 1.00. The molecule has 0 radical (unpaired) electrons. The largest absolute Gasteiger partial charge is 0.394 e. The monoisotopic (exact) mass is 414 g/mol. The Labute approximate surface area is 183 Å². The van der Waals surface area contributed by atoms with Crippen molar-refractivity contribution in [3.8, 4) is 0 Å². The minimum atomic E-state index is -0.145.